The highest BCUT2D eigenvalue weighted by molar-refractivity contribution is 8.01. The van der Waals surface area contributed by atoms with Gasteiger partial charge >= 0.3 is 0 Å². The average molecular weight is 467 g/mol. The van der Waals surface area contributed by atoms with Crippen LogP contribution in [0, 0.1) is 11.6 Å². The highest BCUT2D eigenvalue weighted by Gasteiger charge is 2.59. The summed E-state index contributed by atoms with van der Waals surface area (Å²) in [6.45, 7) is 0.324. The van der Waals surface area contributed by atoms with E-state index in [4.69, 9.17) is 4.74 Å². The first-order chi connectivity index (χ1) is 16.0. The second-order valence-electron chi connectivity index (χ2n) is 7.83. The lowest BCUT2D eigenvalue weighted by atomic mass is 10.0. The van der Waals surface area contributed by atoms with Crippen molar-refractivity contribution in [1.29, 1.82) is 0 Å². The van der Waals surface area contributed by atoms with Gasteiger partial charge in [-0.1, -0.05) is 30.3 Å². The van der Waals surface area contributed by atoms with Gasteiger partial charge in [-0.15, -0.1) is 11.8 Å². The zero-order valence-corrected chi connectivity index (χ0v) is 18.6. The number of hydrogen-bond acceptors (Lipinski definition) is 4. The number of hydrogen-bond donors (Lipinski definition) is 0. The first kappa shape index (κ1) is 21.5. The molecule has 168 valence electrons. The van der Waals surface area contributed by atoms with Gasteiger partial charge in [0, 0.05) is 35.1 Å². The molecule has 0 N–H and O–H groups in total. The number of halogens is 2. The van der Waals surface area contributed by atoms with E-state index in [1.165, 1.54) is 35.9 Å². The molecule has 8 heteroatoms. The van der Waals surface area contributed by atoms with Gasteiger partial charge in [0.1, 0.15) is 17.4 Å². The average Bonchev–Trinajstić information content (AvgIpc) is 3.37. The Kier molecular flexibility index (Phi) is 5.32. The van der Waals surface area contributed by atoms with Gasteiger partial charge in [0.2, 0.25) is 0 Å². The molecule has 5 nitrogen and oxygen atoms in total. The van der Waals surface area contributed by atoms with Gasteiger partial charge in [-0.05, 0) is 30.3 Å². The Bertz CT molecular complexity index is 1270. The van der Waals surface area contributed by atoms with Crippen LogP contribution in [0.1, 0.15) is 21.5 Å². The van der Waals surface area contributed by atoms with Crippen LogP contribution in [-0.2, 0) is 16.2 Å². The number of para-hydroxylation sites is 1. The molecule has 0 saturated carbocycles. The van der Waals surface area contributed by atoms with Crippen LogP contribution < -0.4 is 9.64 Å². The molecule has 2 heterocycles. The Labute approximate surface area is 193 Å². The van der Waals surface area contributed by atoms with Crippen molar-refractivity contribution in [3.8, 4) is 5.75 Å². The van der Waals surface area contributed by atoms with Gasteiger partial charge in [0.15, 0.2) is 4.87 Å². The number of nitrogens with zero attached hydrogens (tertiary/aromatic N) is 2. The molecule has 1 fully saturated rings. The zero-order chi connectivity index (χ0) is 23.2. The smallest absolute Gasteiger partial charge is 0.268 e. The van der Waals surface area contributed by atoms with Crippen LogP contribution in [0.2, 0.25) is 0 Å². The van der Waals surface area contributed by atoms with Crippen molar-refractivity contribution in [2.75, 3.05) is 24.3 Å². The summed E-state index contributed by atoms with van der Waals surface area (Å²) in [5.41, 5.74) is 1.93. The summed E-state index contributed by atoms with van der Waals surface area (Å²) >= 11 is 1.39. The molecule has 2 amide bonds. The van der Waals surface area contributed by atoms with Crippen molar-refractivity contribution in [3.05, 3.63) is 95.1 Å². The Morgan fingerprint density at radius 3 is 2.70 bits per heavy atom. The van der Waals surface area contributed by atoms with Crippen molar-refractivity contribution in [3.63, 3.8) is 0 Å². The predicted octanol–water partition coefficient (Wildman–Crippen LogP) is 4.56. The molecule has 0 aliphatic carbocycles. The molecule has 33 heavy (non-hydrogen) atoms. The van der Waals surface area contributed by atoms with E-state index < -0.39 is 16.5 Å². The number of anilines is 1. The van der Waals surface area contributed by atoms with E-state index in [2.05, 4.69) is 0 Å². The SMILES string of the molecule is COc1cccc(C(=O)N2CCSC23C(=O)N(Cc2ccc(F)cc2F)c2ccccc23)c1. The molecular weight excluding hydrogens is 446 g/mol. The molecule has 1 spiro atoms. The van der Waals surface area contributed by atoms with Gasteiger partial charge in [-0.3, -0.25) is 9.59 Å². The number of carbonyl (C=O) groups excluding carboxylic acids is 2. The number of benzene rings is 3. The van der Waals surface area contributed by atoms with Crippen LogP contribution >= 0.6 is 11.8 Å². The summed E-state index contributed by atoms with van der Waals surface area (Å²) in [7, 11) is 1.53. The number of carbonyl (C=O) groups is 2. The molecule has 0 radical (unpaired) electrons. The van der Waals surface area contributed by atoms with Gasteiger partial charge in [0.05, 0.1) is 19.3 Å². The first-order valence-electron chi connectivity index (χ1n) is 10.4. The second-order valence-corrected chi connectivity index (χ2v) is 9.11. The maximum atomic E-state index is 14.4. The van der Waals surface area contributed by atoms with Crippen molar-refractivity contribution >= 4 is 29.3 Å². The van der Waals surface area contributed by atoms with Gasteiger partial charge in [-0.2, -0.15) is 0 Å². The van der Waals surface area contributed by atoms with Gasteiger partial charge in [0.25, 0.3) is 11.8 Å². The molecule has 3 aromatic rings. The number of fused-ring (bicyclic) bond motifs is 2. The van der Waals surface area contributed by atoms with Crippen LogP contribution in [0.15, 0.2) is 66.7 Å². The summed E-state index contributed by atoms with van der Waals surface area (Å²) in [4.78, 5) is 29.3. The fourth-order valence-electron chi connectivity index (χ4n) is 4.46. The van der Waals surface area contributed by atoms with Crippen LogP contribution in [0.5, 0.6) is 5.75 Å². The summed E-state index contributed by atoms with van der Waals surface area (Å²) in [5.74, 6) is -0.864. The number of ether oxygens (including phenoxy) is 1. The molecule has 3 aromatic carbocycles. The molecule has 1 atom stereocenters. The summed E-state index contributed by atoms with van der Waals surface area (Å²) in [6, 6.07) is 17.4. The topological polar surface area (TPSA) is 49.9 Å². The zero-order valence-electron chi connectivity index (χ0n) is 17.8. The fraction of sp³-hybridized carbons (Fsp3) is 0.200. The lowest BCUT2D eigenvalue weighted by molar-refractivity contribution is -0.123. The molecular formula is C25H20F2N2O3S. The second kappa shape index (κ2) is 8.19. The number of methoxy groups -OCH3 is 1. The Morgan fingerprint density at radius 1 is 1.09 bits per heavy atom. The Morgan fingerprint density at radius 2 is 1.91 bits per heavy atom. The van der Waals surface area contributed by atoms with E-state index >= 15 is 0 Å². The predicted molar refractivity (Wildman–Crippen MR) is 122 cm³/mol. The van der Waals surface area contributed by atoms with Crippen LogP contribution in [-0.4, -0.2) is 36.1 Å². The van der Waals surface area contributed by atoms with Gasteiger partial charge in [-0.25, -0.2) is 8.78 Å². The van der Waals surface area contributed by atoms with E-state index in [0.29, 0.717) is 34.9 Å². The quantitative estimate of drug-likeness (QED) is 0.566. The Balaban J connectivity index is 1.57. The van der Waals surface area contributed by atoms with E-state index in [9.17, 15) is 18.4 Å². The molecule has 1 unspecified atom stereocenters. The monoisotopic (exact) mass is 466 g/mol. The number of thioether (sulfide) groups is 1. The van der Waals surface area contributed by atoms with Crippen molar-refractivity contribution < 1.29 is 23.1 Å². The van der Waals surface area contributed by atoms with E-state index in [1.54, 1.807) is 41.3 Å². The van der Waals surface area contributed by atoms with Crippen LogP contribution in [0.4, 0.5) is 14.5 Å². The largest absolute Gasteiger partial charge is 0.497 e. The van der Waals surface area contributed by atoms with Crippen molar-refractivity contribution in [1.82, 2.24) is 4.90 Å². The summed E-state index contributed by atoms with van der Waals surface area (Å²) in [5, 5.41) is 0. The number of rotatable bonds is 4. The maximum Gasteiger partial charge on any atom is 0.268 e. The lowest BCUT2D eigenvalue weighted by Crippen LogP contribution is -2.50. The van der Waals surface area contributed by atoms with E-state index in [0.717, 1.165) is 6.07 Å². The van der Waals surface area contributed by atoms with Crippen molar-refractivity contribution in [2.45, 2.75) is 11.4 Å². The Hall–Kier alpha value is -3.39. The minimum absolute atomic E-state index is 0.0640. The number of amides is 2. The molecule has 5 rings (SSSR count). The standard InChI is InChI=1S/C25H20F2N2O3S/c1-32-19-6-4-5-16(13-19)23(30)29-11-12-33-25(29)20-7-2-3-8-22(20)28(24(25)31)15-17-9-10-18(26)14-21(17)27/h2-10,13-14H,11-12,15H2,1H3. The summed E-state index contributed by atoms with van der Waals surface area (Å²) < 4.78 is 33.1. The molecule has 0 bridgehead atoms. The third-order valence-corrected chi connectivity index (χ3v) is 7.43. The fourth-order valence-corrected chi connectivity index (χ4v) is 5.92. The third kappa shape index (κ3) is 3.36. The maximum absolute atomic E-state index is 14.4. The minimum atomic E-state index is -1.24. The molecule has 2 aliphatic heterocycles. The lowest BCUT2D eigenvalue weighted by Gasteiger charge is -2.33. The van der Waals surface area contributed by atoms with Gasteiger partial charge < -0.3 is 14.5 Å². The highest BCUT2D eigenvalue weighted by Crippen LogP contribution is 2.54. The third-order valence-electron chi connectivity index (χ3n) is 6.01. The van der Waals surface area contributed by atoms with Crippen LogP contribution in [0.25, 0.3) is 0 Å². The summed E-state index contributed by atoms with van der Waals surface area (Å²) in [6.07, 6.45) is 0. The van der Waals surface area contributed by atoms with E-state index in [-0.39, 0.29) is 23.9 Å². The molecule has 2 aliphatic rings. The molecule has 0 aromatic heterocycles. The van der Waals surface area contributed by atoms with Crippen LogP contribution in [0.3, 0.4) is 0 Å². The molecule has 1 saturated heterocycles. The normalized spacial score (nSPS) is 19.3. The highest BCUT2D eigenvalue weighted by atomic mass is 32.2. The van der Waals surface area contributed by atoms with E-state index in [1.807, 2.05) is 12.1 Å². The minimum Gasteiger partial charge on any atom is -0.497 e. The first-order valence-corrected chi connectivity index (χ1v) is 11.4. The van der Waals surface area contributed by atoms with Crippen molar-refractivity contribution in [2.24, 2.45) is 0 Å².